The summed E-state index contributed by atoms with van der Waals surface area (Å²) in [6, 6.07) is 0.890. The van der Waals surface area contributed by atoms with Crippen molar-refractivity contribution in [2.75, 3.05) is 19.5 Å². The van der Waals surface area contributed by atoms with Crippen LogP contribution in [0.5, 0.6) is 0 Å². The van der Waals surface area contributed by atoms with Gasteiger partial charge < -0.3 is 10.1 Å². The highest BCUT2D eigenvalue weighted by molar-refractivity contribution is 7.91. The predicted molar refractivity (Wildman–Crippen MR) is 79.3 cm³/mol. The van der Waals surface area contributed by atoms with E-state index >= 15 is 0 Å². The zero-order chi connectivity index (χ0) is 15.6. The van der Waals surface area contributed by atoms with Crippen LogP contribution in [-0.4, -0.2) is 39.6 Å². The molecule has 0 aliphatic heterocycles. The summed E-state index contributed by atoms with van der Waals surface area (Å²) in [7, 11) is -0.635. The molecule has 2 atom stereocenters. The Morgan fingerprint density at radius 3 is 2.67 bits per heavy atom. The highest BCUT2D eigenvalue weighted by Crippen LogP contribution is 2.37. The van der Waals surface area contributed by atoms with E-state index in [1.165, 1.54) is 7.05 Å². The molecule has 0 aromatic carbocycles. The summed E-state index contributed by atoms with van der Waals surface area (Å²) in [6.07, 6.45) is 2.17. The van der Waals surface area contributed by atoms with Gasteiger partial charge in [-0.05, 0) is 19.3 Å². The Hall–Kier alpha value is -1.23. The van der Waals surface area contributed by atoms with E-state index in [2.05, 4.69) is 10.0 Å². The first kappa shape index (κ1) is 16.1. The number of ether oxygens (including phenoxy) is 1. The number of hydrogen-bond acceptors (Lipinski definition) is 7. The van der Waals surface area contributed by atoms with Crippen LogP contribution in [0, 0.1) is 10.1 Å². The third kappa shape index (κ3) is 3.51. The Balaban J connectivity index is 2.18. The number of methoxy groups -OCH3 is 1. The lowest BCUT2D eigenvalue weighted by Crippen LogP contribution is -2.33. The Morgan fingerprint density at radius 1 is 1.48 bits per heavy atom. The van der Waals surface area contributed by atoms with Gasteiger partial charge in [0.15, 0.2) is 5.00 Å². The largest absolute Gasteiger partial charge is 0.381 e. The van der Waals surface area contributed by atoms with Crippen LogP contribution in [0.3, 0.4) is 0 Å². The quantitative estimate of drug-likeness (QED) is 0.603. The molecule has 1 aliphatic carbocycles. The summed E-state index contributed by atoms with van der Waals surface area (Å²) < 4.78 is 32.3. The number of nitrogens with zero attached hydrogens (tertiary/aromatic N) is 1. The first-order valence-electron chi connectivity index (χ1n) is 6.38. The van der Waals surface area contributed by atoms with Crippen molar-refractivity contribution in [1.29, 1.82) is 0 Å². The first-order chi connectivity index (χ1) is 9.87. The summed E-state index contributed by atoms with van der Waals surface area (Å²) in [5.41, 5.74) is -0.232. The molecule has 0 bridgehead atoms. The topological polar surface area (TPSA) is 111 Å². The van der Waals surface area contributed by atoms with Gasteiger partial charge in [0, 0.05) is 26.3 Å². The molecule has 1 aromatic rings. The van der Waals surface area contributed by atoms with Gasteiger partial charge >= 0.3 is 5.69 Å². The van der Waals surface area contributed by atoms with Crippen LogP contribution in [0.25, 0.3) is 0 Å². The van der Waals surface area contributed by atoms with Crippen LogP contribution in [0.1, 0.15) is 19.3 Å². The summed E-state index contributed by atoms with van der Waals surface area (Å²) >= 11 is 0.850. The van der Waals surface area contributed by atoms with Crippen molar-refractivity contribution in [2.24, 2.45) is 0 Å². The molecule has 1 heterocycles. The van der Waals surface area contributed by atoms with Crippen molar-refractivity contribution >= 4 is 32.0 Å². The standard InChI is InChI=1S/C11H17N3O5S2/c1-12-11-9(14(15)16)6-10(20-11)21(17,18)13-7-3-4-8(5-7)19-2/h6-8,12-13H,3-5H2,1-2H3. The Kier molecular flexibility index (Phi) is 4.81. The minimum absolute atomic E-state index is 0.0561. The lowest BCUT2D eigenvalue weighted by atomic mass is 10.3. The summed E-state index contributed by atoms with van der Waals surface area (Å²) in [4.78, 5) is 10.3. The fourth-order valence-corrected chi connectivity index (χ4v) is 4.93. The van der Waals surface area contributed by atoms with Gasteiger partial charge in [0.25, 0.3) is 10.0 Å². The van der Waals surface area contributed by atoms with E-state index in [4.69, 9.17) is 4.74 Å². The molecular weight excluding hydrogens is 318 g/mol. The van der Waals surface area contributed by atoms with E-state index in [0.717, 1.165) is 23.8 Å². The molecule has 10 heteroatoms. The second-order valence-corrected chi connectivity index (χ2v) is 7.77. The Labute approximate surface area is 126 Å². The molecule has 0 spiro atoms. The number of nitrogens with one attached hydrogen (secondary N) is 2. The molecule has 0 radical (unpaired) electrons. The fourth-order valence-electron chi connectivity index (χ4n) is 2.35. The molecule has 0 saturated heterocycles. The van der Waals surface area contributed by atoms with Gasteiger partial charge in [-0.2, -0.15) is 0 Å². The molecule has 21 heavy (non-hydrogen) atoms. The lowest BCUT2D eigenvalue weighted by molar-refractivity contribution is -0.383. The van der Waals surface area contributed by atoms with Crippen LogP contribution in [0.2, 0.25) is 0 Å². The van der Waals surface area contributed by atoms with Crippen molar-refractivity contribution < 1.29 is 18.1 Å². The molecule has 2 unspecified atom stereocenters. The summed E-state index contributed by atoms with van der Waals surface area (Å²) in [5, 5.41) is 13.8. The van der Waals surface area contributed by atoms with Crippen LogP contribution < -0.4 is 10.0 Å². The fraction of sp³-hybridized carbons (Fsp3) is 0.636. The maximum absolute atomic E-state index is 12.3. The van der Waals surface area contributed by atoms with Crippen LogP contribution in [-0.2, 0) is 14.8 Å². The maximum Gasteiger partial charge on any atom is 0.304 e. The average Bonchev–Trinajstić information content (AvgIpc) is 3.04. The average molecular weight is 335 g/mol. The minimum Gasteiger partial charge on any atom is -0.381 e. The van der Waals surface area contributed by atoms with Gasteiger partial charge in [0.05, 0.1) is 11.0 Å². The second kappa shape index (κ2) is 6.26. The molecular formula is C11H17N3O5S2. The van der Waals surface area contributed by atoms with E-state index in [0.29, 0.717) is 12.8 Å². The molecule has 2 N–H and O–H groups in total. The van der Waals surface area contributed by atoms with Crippen molar-refractivity contribution in [1.82, 2.24) is 4.72 Å². The second-order valence-electron chi connectivity index (χ2n) is 4.78. The number of sulfonamides is 1. The predicted octanol–water partition coefficient (Wildman–Crippen LogP) is 1.54. The molecule has 8 nitrogen and oxygen atoms in total. The SMILES string of the molecule is CNc1sc(S(=O)(=O)NC2CCC(OC)C2)cc1[N+](=O)[O-]. The third-order valence-corrected chi connectivity index (χ3v) is 6.55. The zero-order valence-corrected chi connectivity index (χ0v) is 13.3. The minimum atomic E-state index is -3.75. The van der Waals surface area contributed by atoms with Gasteiger partial charge in [0.1, 0.15) is 4.21 Å². The molecule has 0 amide bonds. The van der Waals surface area contributed by atoms with Crippen LogP contribution in [0.15, 0.2) is 10.3 Å². The van der Waals surface area contributed by atoms with Crippen molar-refractivity contribution in [3.63, 3.8) is 0 Å². The monoisotopic (exact) mass is 335 g/mol. The smallest absolute Gasteiger partial charge is 0.304 e. The van der Waals surface area contributed by atoms with Crippen molar-refractivity contribution in [3.8, 4) is 0 Å². The number of thiophene rings is 1. The van der Waals surface area contributed by atoms with Gasteiger partial charge in [0.2, 0.25) is 0 Å². The van der Waals surface area contributed by atoms with E-state index in [9.17, 15) is 18.5 Å². The Morgan fingerprint density at radius 2 is 2.19 bits per heavy atom. The number of anilines is 1. The van der Waals surface area contributed by atoms with Gasteiger partial charge in [-0.1, -0.05) is 11.3 Å². The van der Waals surface area contributed by atoms with Crippen LogP contribution >= 0.6 is 11.3 Å². The van der Waals surface area contributed by atoms with E-state index < -0.39 is 14.9 Å². The zero-order valence-electron chi connectivity index (χ0n) is 11.7. The highest BCUT2D eigenvalue weighted by atomic mass is 32.2. The Bertz CT molecular complexity index is 628. The molecule has 118 valence electrons. The summed E-state index contributed by atoms with van der Waals surface area (Å²) in [6.45, 7) is 0. The van der Waals surface area contributed by atoms with Gasteiger partial charge in [-0.25, -0.2) is 13.1 Å². The van der Waals surface area contributed by atoms with Gasteiger partial charge in [-0.15, -0.1) is 0 Å². The molecule has 1 aromatic heterocycles. The lowest BCUT2D eigenvalue weighted by Gasteiger charge is -2.12. The van der Waals surface area contributed by atoms with Crippen molar-refractivity contribution in [2.45, 2.75) is 35.6 Å². The first-order valence-corrected chi connectivity index (χ1v) is 8.68. The van der Waals surface area contributed by atoms with E-state index in [-0.39, 0.29) is 27.0 Å². The van der Waals surface area contributed by atoms with Crippen LogP contribution in [0.4, 0.5) is 10.7 Å². The normalized spacial score (nSPS) is 22.4. The number of rotatable bonds is 6. The maximum atomic E-state index is 12.3. The number of hydrogen-bond donors (Lipinski definition) is 2. The van der Waals surface area contributed by atoms with Crippen molar-refractivity contribution in [3.05, 3.63) is 16.2 Å². The summed E-state index contributed by atoms with van der Waals surface area (Å²) in [5.74, 6) is 0. The van der Waals surface area contributed by atoms with E-state index in [1.807, 2.05) is 0 Å². The third-order valence-electron chi connectivity index (χ3n) is 3.42. The molecule has 1 saturated carbocycles. The van der Waals surface area contributed by atoms with E-state index in [1.54, 1.807) is 7.11 Å². The van der Waals surface area contributed by atoms with Gasteiger partial charge in [-0.3, -0.25) is 10.1 Å². The molecule has 1 fully saturated rings. The molecule has 1 aliphatic rings. The highest BCUT2D eigenvalue weighted by Gasteiger charge is 2.31. The molecule has 2 rings (SSSR count). The number of nitro groups is 1.